The van der Waals surface area contributed by atoms with Gasteiger partial charge >= 0.3 is 12.3 Å². The van der Waals surface area contributed by atoms with E-state index in [0.717, 1.165) is 12.1 Å². The number of allylic oxidation sites excluding steroid dienone is 1. The summed E-state index contributed by atoms with van der Waals surface area (Å²) < 4.78 is 85.5. The number of ketones is 1. The third-order valence-electron chi connectivity index (χ3n) is 9.76. The summed E-state index contributed by atoms with van der Waals surface area (Å²) >= 11 is 0. The number of furan rings is 1. The molecule has 2 aliphatic carbocycles. The smallest absolute Gasteiger partial charge is 0.416 e. The molecule has 0 radical (unpaired) electrons. The molecule has 4 atom stereocenters. The van der Waals surface area contributed by atoms with Gasteiger partial charge in [0.25, 0.3) is 5.88 Å². The first-order chi connectivity index (χ1) is 24.9. The lowest BCUT2D eigenvalue weighted by Crippen LogP contribution is -2.46. The number of fused-ring (bicyclic) bond motifs is 3. The number of aromatic nitrogens is 2. The average Bonchev–Trinajstić information content (AvgIpc) is 3.99. The number of sulfonamides is 1. The molecule has 2 aromatic heterocycles. The van der Waals surface area contributed by atoms with Gasteiger partial charge in [-0.25, -0.2) is 18.2 Å². The van der Waals surface area contributed by atoms with Crippen molar-refractivity contribution < 1.29 is 49.9 Å². The van der Waals surface area contributed by atoms with Gasteiger partial charge in [-0.1, -0.05) is 30.3 Å². The molecule has 4 aromatic rings. The fraction of sp³-hybridized carbons (Fsp3) is 0.432. The number of hydrogen-bond donors (Lipinski definition) is 1. The molecule has 280 valence electrons. The van der Waals surface area contributed by atoms with Crippen LogP contribution in [0.25, 0.3) is 33.5 Å². The number of para-hydroxylation sites is 1. The molecule has 1 N–H and O–H groups in total. The van der Waals surface area contributed by atoms with Gasteiger partial charge in [0.1, 0.15) is 22.8 Å². The maximum Gasteiger partial charge on any atom is 0.416 e. The summed E-state index contributed by atoms with van der Waals surface area (Å²) in [7, 11) is -3.88. The number of amides is 2. The lowest BCUT2D eigenvalue weighted by Gasteiger charge is -2.28. The Morgan fingerprint density at radius 2 is 1.77 bits per heavy atom. The van der Waals surface area contributed by atoms with Crippen molar-refractivity contribution in [3.63, 3.8) is 0 Å². The number of hydrogen-bond acceptors (Lipinski definition) is 10. The SMILES string of the molecule is C=C[C@@H]1C[C@]1(CC(=O)[C@@H]1C[C@@H](Oc2nc(-c3ccc(C(F)(F)F)cc3)nc3c2oc2ccccc23)CN1C(=O)OC(C)(C)C)C(=O)NS(=O)(=O)C1CC1. The summed E-state index contributed by atoms with van der Waals surface area (Å²) in [5.74, 6) is -1.72. The quantitative estimate of drug-likeness (QED) is 0.175. The topological polar surface area (TPSA) is 158 Å². The van der Waals surface area contributed by atoms with E-state index >= 15 is 0 Å². The molecule has 3 heterocycles. The largest absolute Gasteiger partial charge is 0.470 e. The number of carbonyl (C=O) groups is 3. The molecule has 0 unspecified atom stereocenters. The van der Waals surface area contributed by atoms with Crippen LogP contribution in [0.2, 0.25) is 0 Å². The van der Waals surface area contributed by atoms with E-state index in [1.54, 1.807) is 45.0 Å². The minimum absolute atomic E-state index is 0.0454. The summed E-state index contributed by atoms with van der Waals surface area (Å²) in [4.78, 5) is 51.5. The second-order valence-corrected chi connectivity index (χ2v) is 16.8. The minimum Gasteiger partial charge on any atom is -0.470 e. The minimum atomic E-state index is -4.54. The van der Waals surface area contributed by atoms with Crippen LogP contribution in [0.1, 0.15) is 58.4 Å². The van der Waals surface area contributed by atoms with Crippen LogP contribution < -0.4 is 9.46 Å². The third-order valence-corrected chi connectivity index (χ3v) is 11.6. The Kier molecular flexibility index (Phi) is 8.82. The molecule has 0 bridgehead atoms. The van der Waals surface area contributed by atoms with E-state index in [0.29, 0.717) is 29.3 Å². The zero-order valence-electron chi connectivity index (χ0n) is 29.1. The van der Waals surface area contributed by atoms with Crippen LogP contribution in [0, 0.1) is 11.3 Å². The number of Topliss-reactive ketones (excluding diaryl/α,β-unsaturated/α-hetero) is 1. The summed E-state index contributed by atoms with van der Waals surface area (Å²) in [6.45, 7) is 8.65. The monoisotopic (exact) mass is 754 g/mol. The maximum absolute atomic E-state index is 14.1. The van der Waals surface area contributed by atoms with Gasteiger partial charge in [-0.15, -0.1) is 6.58 Å². The van der Waals surface area contributed by atoms with Crippen molar-refractivity contribution in [3.8, 4) is 17.3 Å². The normalized spacial score (nSPS) is 23.2. The van der Waals surface area contributed by atoms with Crippen LogP contribution in [-0.4, -0.2) is 70.6 Å². The Labute approximate surface area is 302 Å². The highest BCUT2D eigenvalue weighted by atomic mass is 32.2. The molecule has 3 fully saturated rings. The first-order valence-corrected chi connectivity index (χ1v) is 18.7. The Bertz CT molecular complexity index is 2250. The maximum atomic E-state index is 14.1. The van der Waals surface area contributed by atoms with Crippen molar-refractivity contribution in [2.75, 3.05) is 6.54 Å². The number of alkyl halides is 3. The van der Waals surface area contributed by atoms with E-state index in [9.17, 15) is 36.0 Å². The first-order valence-electron chi connectivity index (χ1n) is 17.1. The van der Waals surface area contributed by atoms with Gasteiger partial charge in [-0.2, -0.15) is 18.2 Å². The molecule has 53 heavy (non-hydrogen) atoms. The lowest BCUT2D eigenvalue weighted by molar-refractivity contribution is -0.137. The molecule has 1 aliphatic heterocycles. The van der Waals surface area contributed by atoms with Gasteiger partial charge in [0.2, 0.25) is 21.5 Å². The zero-order valence-corrected chi connectivity index (χ0v) is 29.9. The molecule has 16 heteroatoms. The zero-order chi connectivity index (χ0) is 38.1. The van der Waals surface area contributed by atoms with E-state index in [-0.39, 0.29) is 48.7 Å². The van der Waals surface area contributed by atoms with Crippen molar-refractivity contribution in [1.82, 2.24) is 19.6 Å². The predicted octanol–water partition coefficient (Wildman–Crippen LogP) is 6.58. The fourth-order valence-electron chi connectivity index (χ4n) is 6.76. The van der Waals surface area contributed by atoms with Crippen molar-refractivity contribution in [1.29, 1.82) is 0 Å². The van der Waals surface area contributed by atoms with Gasteiger partial charge in [-0.3, -0.25) is 19.2 Å². The number of ether oxygens (including phenoxy) is 2. The summed E-state index contributed by atoms with van der Waals surface area (Å²) in [6, 6.07) is 10.2. The van der Waals surface area contributed by atoms with E-state index in [4.69, 9.17) is 13.9 Å². The number of nitrogens with one attached hydrogen (secondary N) is 1. The van der Waals surface area contributed by atoms with Crippen LogP contribution >= 0.6 is 0 Å². The van der Waals surface area contributed by atoms with Crippen molar-refractivity contribution in [2.45, 2.75) is 82.0 Å². The van der Waals surface area contributed by atoms with E-state index in [2.05, 4.69) is 21.3 Å². The van der Waals surface area contributed by atoms with Crippen LogP contribution in [0.5, 0.6) is 5.88 Å². The highest BCUT2D eigenvalue weighted by Gasteiger charge is 2.61. The molecular weight excluding hydrogens is 717 g/mol. The van der Waals surface area contributed by atoms with Crippen molar-refractivity contribution in [3.05, 3.63) is 66.7 Å². The second-order valence-electron chi connectivity index (χ2n) is 14.8. The first kappa shape index (κ1) is 36.4. The molecule has 2 saturated carbocycles. The standard InChI is InChI=1S/C37H37F3N4O8S/c1-5-21-17-36(21,33(46)43-53(48,49)24-14-15-24)18-27(45)26-16-23(19-44(26)34(47)52-35(2,3)4)50-32-30-29(25-8-6-7-9-28(25)51-30)41-31(42-32)20-10-12-22(13-11-20)37(38,39)40/h5-13,21,23-24,26H,1,14-19H2,2-4H3,(H,43,46)/t21-,23-,26+,36-/m1/s1. The van der Waals surface area contributed by atoms with Gasteiger partial charge in [0.15, 0.2) is 11.6 Å². The van der Waals surface area contributed by atoms with E-state index < -0.39 is 73.9 Å². The number of halogens is 3. The summed E-state index contributed by atoms with van der Waals surface area (Å²) in [5.41, 5.74) is -1.88. The van der Waals surface area contributed by atoms with Crippen molar-refractivity contribution >= 4 is 49.9 Å². The molecule has 7 rings (SSSR count). The number of benzene rings is 2. The Balaban J connectivity index is 1.20. The average molecular weight is 755 g/mol. The van der Waals surface area contributed by atoms with Crippen LogP contribution in [0.3, 0.4) is 0 Å². The van der Waals surface area contributed by atoms with Crippen LogP contribution in [0.4, 0.5) is 18.0 Å². The summed E-state index contributed by atoms with van der Waals surface area (Å²) in [5, 5.41) is -0.0402. The fourth-order valence-corrected chi connectivity index (χ4v) is 8.14. The third kappa shape index (κ3) is 7.20. The number of likely N-dealkylation sites (tertiary alicyclic amines) is 1. The van der Waals surface area contributed by atoms with Crippen LogP contribution in [0.15, 0.2) is 65.6 Å². The van der Waals surface area contributed by atoms with E-state index in [1.807, 2.05) is 0 Å². The van der Waals surface area contributed by atoms with Gasteiger partial charge < -0.3 is 13.9 Å². The molecular formula is C37H37F3N4O8S. The number of rotatable bonds is 10. The predicted molar refractivity (Wildman–Crippen MR) is 186 cm³/mol. The number of nitrogens with zero attached hydrogens (tertiary/aromatic N) is 3. The molecule has 2 amide bonds. The van der Waals surface area contributed by atoms with Gasteiger partial charge in [0, 0.05) is 23.8 Å². The molecule has 3 aliphatic rings. The Morgan fingerprint density at radius 3 is 2.40 bits per heavy atom. The van der Waals surface area contributed by atoms with Crippen LogP contribution in [-0.2, 0) is 30.5 Å². The van der Waals surface area contributed by atoms with Gasteiger partial charge in [0.05, 0.1) is 28.8 Å². The molecule has 1 saturated heterocycles. The Hall–Kier alpha value is -4.99. The lowest BCUT2D eigenvalue weighted by atomic mass is 9.91. The Morgan fingerprint density at radius 1 is 1.08 bits per heavy atom. The van der Waals surface area contributed by atoms with E-state index in [1.165, 1.54) is 23.1 Å². The van der Waals surface area contributed by atoms with Crippen molar-refractivity contribution in [2.24, 2.45) is 11.3 Å². The highest BCUT2D eigenvalue weighted by molar-refractivity contribution is 7.90. The number of carbonyl (C=O) groups excluding carboxylic acids is 3. The van der Waals surface area contributed by atoms with Gasteiger partial charge in [-0.05, 0) is 70.2 Å². The molecule has 2 aromatic carbocycles. The molecule has 12 nitrogen and oxygen atoms in total. The summed E-state index contributed by atoms with van der Waals surface area (Å²) in [6.07, 6.45) is -3.97. The molecule has 0 spiro atoms. The second kappa shape index (κ2) is 12.8. The highest BCUT2D eigenvalue weighted by Crippen LogP contribution is 2.57.